The van der Waals surface area contributed by atoms with Crippen LogP contribution in [0.25, 0.3) is 4.85 Å². The van der Waals surface area contributed by atoms with Gasteiger partial charge >= 0.3 is 0 Å². The minimum Gasteiger partial charge on any atom is -0.504 e. The smallest absolute Gasteiger partial charge is 0.250 e. The van der Waals surface area contributed by atoms with Gasteiger partial charge in [0.2, 0.25) is 11.6 Å². The van der Waals surface area contributed by atoms with E-state index in [4.69, 9.17) is 17.0 Å². The van der Waals surface area contributed by atoms with Crippen LogP contribution in [0.4, 0.5) is 11.4 Å². The van der Waals surface area contributed by atoms with Gasteiger partial charge < -0.3 is 15.4 Å². The highest BCUT2D eigenvalue weighted by molar-refractivity contribution is 5.76. The minimum atomic E-state index is 0.232. The molecule has 1 atom stereocenters. The SMILES string of the molecule is [C-]#[N+]c1c(N)cccc1OC[C@H]1CCCN(C(=O)CC(C)C)C1. The molecule has 2 rings (SSSR count). The number of likely N-dealkylation sites (tertiary alicyclic amines) is 1. The minimum absolute atomic E-state index is 0.232. The van der Waals surface area contributed by atoms with Crippen molar-refractivity contribution in [2.45, 2.75) is 33.1 Å². The molecule has 124 valence electrons. The molecule has 5 heteroatoms. The lowest BCUT2D eigenvalue weighted by Gasteiger charge is -2.33. The molecule has 1 saturated heterocycles. The number of hydrogen-bond acceptors (Lipinski definition) is 3. The van der Waals surface area contributed by atoms with Gasteiger partial charge in [0.15, 0.2) is 0 Å². The molecular formula is C18H25N3O2. The highest BCUT2D eigenvalue weighted by Crippen LogP contribution is 2.34. The number of benzene rings is 1. The van der Waals surface area contributed by atoms with Crippen LogP contribution in [0.15, 0.2) is 18.2 Å². The van der Waals surface area contributed by atoms with Gasteiger partial charge in [0.25, 0.3) is 0 Å². The van der Waals surface area contributed by atoms with Crippen molar-refractivity contribution < 1.29 is 9.53 Å². The Morgan fingerprint density at radius 3 is 3.00 bits per heavy atom. The summed E-state index contributed by atoms with van der Waals surface area (Å²) in [6, 6.07) is 5.26. The van der Waals surface area contributed by atoms with Crippen LogP contribution in [0.3, 0.4) is 0 Å². The fourth-order valence-electron chi connectivity index (χ4n) is 2.89. The second-order valence-electron chi connectivity index (χ2n) is 6.56. The summed E-state index contributed by atoms with van der Waals surface area (Å²) in [6.45, 7) is 13.4. The molecule has 1 aliphatic heterocycles. The van der Waals surface area contributed by atoms with Gasteiger partial charge in [-0.1, -0.05) is 19.9 Å². The summed E-state index contributed by atoms with van der Waals surface area (Å²) in [5.74, 6) is 1.45. The molecule has 1 aromatic rings. The van der Waals surface area contributed by atoms with Crippen LogP contribution in [0.2, 0.25) is 0 Å². The first kappa shape index (κ1) is 17.1. The summed E-state index contributed by atoms with van der Waals surface area (Å²) in [5.41, 5.74) is 6.61. The lowest BCUT2D eigenvalue weighted by Crippen LogP contribution is -2.41. The maximum absolute atomic E-state index is 12.2. The molecule has 1 heterocycles. The summed E-state index contributed by atoms with van der Waals surface area (Å²) in [5, 5.41) is 0. The van der Waals surface area contributed by atoms with Crippen LogP contribution < -0.4 is 10.5 Å². The van der Waals surface area contributed by atoms with E-state index in [1.165, 1.54) is 0 Å². The molecule has 0 unspecified atom stereocenters. The van der Waals surface area contributed by atoms with Crippen LogP contribution in [0, 0.1) is 18.4 Å². The molecule has 0 radical (unpaired) electrons. The lowest BCUT2D eigenvalue weighted by molar-refractivity contribution is -0.134. The molecule has 0 bridgehead atoms. The first-order valence-electron chi connectivity index (χ1n) is 8.17. The molecule has 1 fully saturated rings. The first-order chi connectivity index (χ1) is 11.0. The number of rotatable bonds is 5. The Morgan fingerprint density at radius 1 is 1.52 bits per heavy atom. The third kappa shape index (κ3) is 4.62. The average Bonchev–Trinajstić information content (AvgIpc) is 2.52. The molecule has 23 heavy (non-hydrogen) atoms. The third-order valence-corrected chi connectivity index (χ3v) is 4.07. The van der Waals surface area contributed by atoms with Crippen molar-refractivity contribution in [3.8, 4) is 5.75 Å². The fourth-order valence-corrected chi connectivity index (χ4v) is 2.89. The molecule has 1 aliphatic rings. The number of nitrogens with two attached hydrogens (primary N) is 1. The molecule has 1 amide bonds. The molecule has 0 spiro atoms. The number of hydrogen-bond donors (Lipinski definition) is 1. The summed E-state index contributed by atoms with van der Waals surface area (Å²) < 4.78 is 5.83. The quantitative estimate of drug-likeness (QED) is 0.668. The number of amides is 1. The standard InChI is InChI=1S/C18H25N3O2/c1-13(2)10-17(22)21-9-5-6-14(11-21)12-23-16-8-4-7-15(19)18(16)20-3/h4,7-8,13-14H,5-6,9-12,19H2,1-2H3/t14-/m0/s1. The van der Waals surface area contributed by atoms with E-state index in [0.717, 1.165) is 25.9 Å². The zero-order chi connectivity index (χ0) is 16.8. The Labute approximate surface area is 138 Å². The van der Waals surface area contributed by atoms with Crippen molar-refractivity contribution in [3.05, 3.63) is 29.6 Å². The van der Waals surface area contributed by atoms with E-state index >= 15 is 0 Å². The van der Waals surface area contributed by atoms with Crippen molar-refractivity contribution in [2.24, 2.45) is 11.8 Å². The van der Waals surface area contributed by atoms with Gasteiger partial charge in [0, 0.05) is 31.1 Å². The van der Waals surface area contributed by atoms with Crippen LogP contribution in [-0.2, 0) is 4.79 Å². The normalized spacial score (nSPS) is 17.8. The van der Waals surface area contributed by atoms with Crippen LogP contribution in [-0.4, -0.2) is 30.5 Å². The summed E-state index contributed by atoms with van der Waals surface area (Å²) >= 11 is 0. The second-order valence-corrected chi connectivity index (χ2v) is 6.56. The van der Waals surface area contributed by atoms with Crippen LogP contribution in [0.1, 0.15) is 33.1 Å². The van der Waals surface area contributed by atoms with E-state index in [9.17, 15) is 4.79 Å². The lowest BCUT2D eigenvalue weighted by atomic mass is 9.98. The zero-order valence-corrected chi connectivity index (χ0v) is 13.9. The number of para-hydroxylation sites is 1. The Balaban J connectivity index is 1.93. The molecular weight excluding hydrogens is 290 g/mol. The van der Waals surface area contributed by atoms with Crippen molar-refractivity contribution >= 4 is 17.3 Å². The Kier molecular flexibility index (Phi) is 5.86. The molecule has 2 N–H and O–H groups in total. The zero-order valence-electron chi connectivity index (χ0n) is 13.9. The number of nitrogens with zero attached hydrogens (tertiary/aromatic N) is 2. The highest BCUT2D eigenvalue weighted by Gasteiger charge is 2.24. The predicted molar refractivity (Wildman–Crippen MR) is 91.4 cm³/mol. The van der Waals surface area contributed by atoms with Crippen LogP contribution >= 0.6 is 0 Å². The number of carbonyl (C=O) groups is 1. The summed E-state index contributed by atoms with van der Waals surface area (Å²) in [4.78, 5) is 17.6. The predicted octanol–water partition coefficient (Wildman–Crippen LogP) is 3.48. The summed E-state index contributed by atoms with van der Waals surface area (Å²) in [7, 11) is 0. The number of ether oxygens (including phenoxy) is 1. The highest BCUT2D eigenvalue weighted by atomic mass is 16.5. The Morgan fingerprint density at radius 2 is 2.30 bits per heavy atom. The largest absolute Gasteiger partial charge is 0.504 e. The second kappa shape index (κ2) is 7.87. The number of piperidine rings is 1. The van der Waals surface area contributed by atoms with E-state index in [-0.39, 0.29) is 5.91 Å². The molecule has 1 aromatic carbocycles. The van der Waals surface area contributed by atoms with E-state index < -0.39 is 0 Å². The van der Waals surface area contributed by atoms with Gasteiger partial charge in [0.1, 0.15) is 5.75 Å². The van der Waals surface area contributed by atoms with E-state index in [2.05, 4.69) is 18.7 Å². The molecule has 0 aliphatic carbocycles. The van der Waals surface area contributed by atoms with Crippen molar-refractivity contribution in [2.75, 3.05) is 25.4 Å². The van der Waals surface area contributed by atoms with Gasteiger partial charge in [-0.15, -0.1) is 0 Å². The average molecular weight is 315 g/mol. The monoisotopic (exact) mass is 315 g/mol. The number of anilines is 1. The maximum Gasteiger partial charge on any atom is 0.250 e. The van der Waals surface area contributed by atoms with E-state index in [1.807, 2.05) is 4.90 Å². The van der Waals surface area contributed by atoms with E-state index in [0.29, 0.717) is 42.0 Å². The van der Waals surface area contributed by atoms with Crippen LogP contribution in [0.5, 0.6) is 5.75 Å². The van der Waals surface area contributed by atoms with Crippen molar-refractivity contribution in [3.63, 3.8) is 0 Å². The Hall–Kier alpha value is -2.22. The van der Waals surface area contributed by atoms with Crippen molar-refractivity contribution in [1.29, 1.82) is 0 Å². The Bertz CT molecular complexity index is 592. The van der Waals surface area contributed by atoms with Gasteiger partial charge in [-0.3, -0.25) is 4.79 Å². The van der Waals surface area contributed by atoms with Gasteiger partial charge in [-0.05, 0) is 30.9 Å². The van der Waals surface area contributed by atoms with Crippen molar-refractivity contribution in [1.82, 2.24) is 4.90 Å². The van der Waals surface area contributed by atoms with Gasteiger partial charge in [0.05, 0.1) is 13.2 Å². The number of nitrogen functional groups attached to an aromatic ring is 1. The third-order valence-electron chi connectivity index (χ3n) is 4.07. The fraction of sp³-hybridized carbons (Fsp3) is 0.556. The topological polar surface area (TPSA) is 59.9 Å². The van der Waals surface area contributed by atoms with Gasteiger partial charge in [-0.25, -0.2) is 4.85 Å². The first-order valence-corrected chi connectivity index (χ1v) is 8.17. The molecule has 5 nitrogen and oxygen atoms in total. The molecule has 0 aromatic heterocycles. The summed E-state index contributed by atoms with van der Waals surface area (Å²) in [6.07, 6.45) is 2.65. The van der Waals surface area contributed by atoms with E-state index in [1.54, 1.807) is 18.2 Å². The molecule has 0 saturated carbocycles. The number of carbonyl (C=O) groups excluding carboxylic acids is 1. The van der Waals surface area contributed by atoms with Gasteiger partial charge in [-0.2, -0.15) is 0 Å². The maximum atomic E-state index is 12.2.